The maximum absolute atomic E-state index is 12.4. The van der Waals surface area contributed by atoms with Crippen LogP contribution in [-0.4, -0.2) is 32.6 Å². The quantitative estimate of drug-likeness (QED) is 0.130. The lowest BCUT2D eigenvalue weighted by Crippen LogP contribution is -2.34. The molecule has 0 aliphatic carbocycles. The van der Waals surface area contributed by atoms with Crippen LogP contribution in [0.15, 0.2) is 53.4 Å². The van der Waals surface area contributed by atoms with Crippen LogP contribution in [0.2, 0.25) is 0 Å². The second kappa shape index (κ2) is 20.2. The van der Waals surface area contributed by atoms with E-state index >= 15 is 0 Å². The standard InChI is InChI=1S/C31H47N3O5S2/c1-3-4-5-6-7-8-9-10-11-12-13-14-15-16-25-40-31(36)33-27-19-17-26(18-20-27)32-30(35)34-41(37,38)29-23-21-28(39-2)22-24-29/h17-24H,3-16,25H2,1-2H3,(H,33,36)(H2,32,34,35). The number of hydrogen-bond donors (Lipinski definition) is 3. The molecule has 3 amide bonds. The van der Waals surface area contributed by atoms with Crippen molar-refractivity contribution in [3.8, 4) is 5.75 Å². The van der Waals surface area contributed by atoms with Gasteiger partial charge in [0.15, 0.2) is 0 Å². The molecule has 0 spiro atoms. The first kappa shape index (κ1) is 34.5. The lowest BCUT2D eigenvalue weighted by molar-refractivity contribution is 0.256. The monoisotopic (exact) mass is 605 g/mol. The van der Waals surface area contributed by atoms with Gasteiger partial charge in [-0.15, -0.1) is 0 Å². The molecule has 8 nitrogen and oxygen atoms in total. The average Bonchev–Trinajstić information content (AvgIpc) is 2.96. The molecule has 0 aliphatic rings. The molecule has 0 radical (unpaired) electrons. The van der Waals surface area contributed by atoms with E-state index in [0.717, 1.165) is 18.6 Å². The molecule has 0 saturated carbocycles. The van der Waals surface area contributed by atoms with Gasteiger partial charge in [0, 0.05) is 17.1 Å². The SMILES string of the molecule is CCCCCCCCCCCCCCCCSC(=O)Nc1ccc(NC(=O)NS(=O)(=O)c2ccc(OC)cc2)cc1. The molecule has 0 aliphatic heterocycles. The maximum atomic E-state index is 12.4. The molecule has 41 heavy (non-hydrogen) atoms. The zero-order valence-electron chi connectivity index (χ0n) is 24.6. The first-order valence-electron chi connectivity index (χ1n) is 14.9. The van der Waals surface area contributed by atoms with Crippen LogP contribution in [0.4, 0.5) is 21.0 Å². The van der Waals surface area contributed by atoms with Gasteiger partial charge in [-0.2, -0.15) is 0 Å². The molecular weight excluding hydrogens is 558 g/mol. The highest BCUT2D eigenvalue weighted by Crippen LogP contribution is 2.19. The molecule has 0 bridgehead atoms. The predicted octanol–water partition coefficient (Wildman–Crippen LogP) is 8.95. The predicted molar refractivity (Wildman–Crippen MR) is 171 cm³/mol. The summed E-state index contributed by atoms with van der Waals surface area (Å²) in [6.07, 6.45) is 18.3. The minimum Gasteiger partial charge on any atom is -0.497 e. The summed E-state index contributed by atoms with van der Waals surface area (Å²) in [5, 5.41) is 5.19. The Bertz CT molecular complexity index is 1120. The molecule has 0 unspecified atom stereocenters. The summed E-state index contributed by atoms with van der Waals surface area (Å²) >= 11 is 1.27. The number of rotatable bonds is 20. The van der Waals surface area contributed by atoms with E-state index in [0.29, 0.717) is 17.1 Å². The van der Waals surface area contributed by atoms with E-state index in [-0.39, 0.29) is 10.1 Å². The third-order valence-electron chi connectivity index (χ3n) is 6.72. The van der Waals surface area contributed by atoms with E-state index in [2.05, 4.69) is 17.6 Å². The van der Waals surface area contributed by atoms with Gasteiger partial charge >= 0.3 is 6.03 Å². The molecule has 0 fully saturated rings. The number of benzene rings is 2. The van der Waals surface area contributed by atoms with Crippen molar-refractivity contribution in [3.63, 3.8) is 0 Å². The number of thioether (sulfide) groups is 1. The van der Waals surface area contributed by atoms with Crippen LogP contribution >= 0.6 is 11.8 Å². The van der Waals surface area contributed by atoms with Crippen molar-refractivity contribution in [1.82, 2.24) is 4.72 Å². The van der Waals surface area contributed by atoms with Crippen LogP contribution in [0.5, 0.6) is 5.75 Å². The van der Waals surface area contributed by atoms with Crippen LogP contribution in [-0.2, 0) is 10.0 Å². The van der Waals surface area contributed by atoms with E-state index < -0.39 is 16.1 Å². The fraction of sp³-hybridized carbons (Fsp3) is 0.548. The number of methoxy groups -OCH3 is 1. The molecule has 10 heteroatoms. The first-order chi connectivity index (χ1) is 19.8. The number of carbonyl (C=O) groups excluding carboxylic acids is 2. The van der Waals surface area contributed by atoms with Crippen LogP contribution in [0.25, 0.3) is 0 Å². The number of hydrogen-bond acceptors (Lipinski definition) is 6. The van der Waals surface area contributed by atoms with Crippen molar-refractivity contribution in [3.05, 3.63) is 48.5 Å². The molecule has 0 saturated heterocycles. The summed E-state index contributed by atoms with van der Waals surface area (Å²) in [7, 11) is -2.55. The molecule has 3 N–H and O–H groups in total. The highest BCUT2D eigenvalue weighted by Gasteiger charge is 2.17. The van der Waals surface area contributed by atoms with Gasteiger partial charge in [0.25, 0.3) is 15.3 Å². The highest BCUT2D eigenvalue weighted by atomic mass is 32.2. The molecular formula is C31H47N3O5S2. The number of anilines is 2. The Kier molecular flexibility index (Phi) is 17.0. The molecule has 2 rings (SSSR count). The van der Waals surface area contributed by atoms with Gasteiger partial charge in [-0.05, 0) is 55.0 Å². The number of nitrogens with one attached hydrogen (secondary N) is 3. The van der Waals surface area contributed by atoms with E-state index in [4.69, 9.17) is 4.74 Å². The topological polar surface area (TPSA) is 114 Å². The van der Waals surface area contributed by atoms with Crippen molar-refractivity contribution < 1.29 is 22.7 Å². The van der Waals surface area contributed by atoms with Gasteiger partial charge in [0.1, 0.15) is 5.75 Å². The summed E-state index contributed by atoms with van der Waals surface area (Å²) in [4.78, 5) is 24.4. The Morgan fingerprint density at radius 3 is 1.63 bits per heavy atom. The average molecular weight is 606 g/mol. The fourth-order valence-electron chi connectivity index (χ4n) is 4.34. The van der Waals surface area contributed by atoms with Crippen molar-refractivity contribution in [2.45, 2.75) is 102 Å². The molecule has 2 aromatic carbocycles. The largest absolute Gasteiger partial charge is 0.497 e. The second-order valence-corrected chi connectivity index (χ2v) is 12.9. The second-order valence-electron chi connectivity index (χ2n) is 10.2. The van der Waals surface area contributed by atoms with Gasteiger partial charge in [-0.1, -0.05) is 102 Å². The number of amides is 3. The van der Waals surface area contributed by atoms with Crippen molar-refractivity contribution in [2.24, 2.45) is 0 Å². The summed E-state index contributed by atoms with van der Waals surface area (Å²) in [6, 6.07) is 11.3. The van der Waals surface area contributed by atoms with E-state index in [1.807, 2.05) is 4.72 Å². The van der Waals surface area contributed by atoms with Gasteiger partial charge in [-0.3, -0.25) is 4.79 Å². The lowest BCUT2D eigenvalue weighted by atomic mass is 10.0. The third kappa shape index (κ3) is 15.2. The molecule has 2 aromatic rings. The van der Waals surface area contributed by atoms with Crippen LogP contribution in [0.1, 0.15) is 96.8 Å². The minimum absolute atomic E-state index is 0.0573. The smallest absolute Gasteiger partial charge is 0.333 e. The number of urea groups is 1. The van der Waals surface area contributed by atoms with Gasteiger partial charge in [0.05, 0.1) is 12.0 Å². The van der Waals surface area contributed by atoms with E-state index in [9.17, 15) is 18.0 Å². The highest BCUT2D eigenvalue weighted by molar-refractivity contribution is 8.13. The first-order valence-corrected chi connectivity index (χ1v) is 17.3. The third-order valence-corrected chi connectivity index (χ3v) is 8.92. The Morgan fingerprint density at radius 1 is 0.683 bits per heavy atom. The van der Waals surface area contributed by atoms with Crippen molar-refractivity contribution in [2.75, 3.05) is 23.5 Å². The van der Waals surface area contributed by atoms with Gasteiger partial charge < -0.3 is 15.4 Å². The van der Waals surface area contributed by atoms with Crippen LogP contribution in [0, 0.1) is 0 Å². The Labute approximate surface area is 250 Å². The molecule has 0 aromatic heterocycles. The minimum atomic E-state index is -4.03. The number of ether oxygens (including phenoxy) is 1. The van der Waals surface area contributed by atoms with Crippen LogP contribution < -0.4 is 20.1 Å². The van der Waals surface area contributed by atoms with Gasteiger partial charge in [-0.25, -0.2) is 17.9 Å². The van der Waals surface area contributed by atoms with E-state index in [1.54, 1.807) is 24.3 Å². The normalized spacial score (nSPS) is 11.2. The van der Waals surface area contributed by atoms with E-state index in [1.165, 1.54) is 120 Å². The number of carbonyl (C=O) groups is 2. The molecule has 0 heterocycles. The summed E-state index contributed by atoms with van der Waals surface area (Å²) in [5.41, 5.74) is 0.987. The lowest BCUT2D eigenvalue weighted by Gasteiger charge is -2.10. The maximum Gasteiger partial charge on any atom is 0.333 e. The summed E-state index contributed by atoms with van der Waals surface area (Å²) in [5.74, 6) is 1.29. The fourth-order valence-corrected chi connectivity index (χ4v) is 5.98. The summed E-state index contributed by atoms with van der Waals surface area (Å²) < 4.78 is 31.8. The summed E-state index contributed by atoms with van der Waals surface area (Å²) in [6.45, 7) is 2.26. The Hall–Kier alpha value is -2.72. The number of unbranched alkanes of at least 4 members (excludes halogenated alkanes) is 13. The molecule has 228 valence electrons. The zero-order chi connectivity index (χ0) is 29.8. The van der Waals surface area contributed by atoms with Crippen molar-refractivity contribution >= 4 is 44.4 Å². The van der Waals surface area contributed by atoms with Crippen LogP contribution in [0.3, 0.4) is 0 Å². The number of sulfonamides is 1. The molecule has 0 atom stereocenters. The Morgan fingerprint density at radius 2 is 1.15 bits per heavy atom. The zero-order valence-corrected chi connectivity index (χ0v) is 26.2. The Balaban J connectivity index is 1.53. The van der Waals surface area contributed by atoms with Crippen molar-refractivity contribution in [1.29, 1.82) is 0 Å². The van der Waals surface area contributed by atoms with Gasteiger partial charge in [0.2, 0.25) is 0 Å².